The van der Waals surface area contributed by atoms with Crippen LogP contribution in [0.4, 0.5) is 10.1 Å². The van der Waals surface area contributed by atoms with Gasteiger partial charge in [-0.15, -0.1) is 0 Å². The van der Waals surface area contributed by atoms with Gasteiger partial charge >= 0.3 is 5.91 Å². The molecule has 0 unspecified atom stereocenters. The van der Waals surface area contributed by atoms with E-state index >= 15 is 0 Å². The Hall–Kier alpha value is -3.00. The summed E-state index contributed by atoms with van der Waals surface area (Å²) in [6, 6.07) is 4.22. The van der Waals surface area contributed by atoms with Gasteiger partial charge in [-0.1, -0.05) is 6.92 Å². The highest BCUT2D eigenvalue weighted by Crippen LogP contribution is 2.41. The maximum absolute atomic E-state index is 13.9. The first kappa shape index (κ1) is 22.7. The molecule has 1 fully saturated rings. The average Bonchev–Trinajstić information content (AvgIpc) is 2.93. The maximum Gasteiger partial charge on any atom is 0.301 e. The molecule has 1 aromatic carbocycles. The highest BCUT2D eigenvalue weighted by molar-refractivity contribution is 6.47. The van der Waals surface area contributed by atoms with E-state index in [1.54, 1.807) is 34.7 Å². The minimum absolute atomic E-state index is 0.117. The lowest BCUT2D eigenvalue weighted by Gasteiger charge is -2.50. The lowest BCUT2D eigenvalue weighted by Crippen LogP contribution is -2.61. The number of aliphatic hydroxyl groups excluding tert-OH is 1. The molecule has 0 radical (unpaired) electrons. The quantitative estimate of drug-likeness (QED) is 0.544. The minimum Gasteiger partial charge on any atom is -0.393 e. The second-order valence-corrected chi connectivity index (χ2v) is 8.53. The van der Waals surface area contributed by atoms with Crippen molar-refractivity contribution in [1.29, 1.82) is 0 Å². The standard InChI is InChI=1S/C23H28FN3O4/c1-6-16-18(21(25)30)13(3)26(5)19(16)20(29)22(31)27(23(4)10-15(28)11-23)14-7-8-17(24)12(2)9-14/h7-9,15,28H,6,10-11H2,1-5H3,(H2,25,30). The van der Waals surface area contributed by atoms with Crippen LogP contribution in [0.15, 0.2) is 18.2 Å². The Labute approximate surface area is 180 Å². The molecule has 2 aromatic rings. The number of halogens is 1. The van der Waals surface area contributed by atoms with Crippen LogP contribution in [0, 0.1) is 19.7 Å². The molecule has 1 heterocycles. The summed E-state index contributed by atoms with van der Waals surface area (Å²) in [4.78, 5) is 40.4. The van der Waals surface area contributed by atoms with Crippen LogP contribution in [0.3, 0.4) is 0 Å². The van der Waals surface area contributed by atoms with Gasteiger partial charge in [-0.3, -0.25) is 19.3 Å². The van der Waals surface area contributed by atoms with Gasteiger partial charge < -0.3 is 15.4 Å². The van der Waals surface area contributed by atoms with E-state index in [0.717, 1.165) is 0 Å². The fourth-order valence-electron chi connectivity index (χ4n) is 4.62. The maximum atomic E-state index is 13.9. The number of aromatic nitrogens is 1. The van der Waals surface area contributed by atoms with Crippen LogP contribution in [-0.4, -0.2) is 38.9 Å². The number of nitrogens with two attached hydrogens (primary N) is 1. The number of primary amides is 1. The number of hydrogen-bond acceptors (Lipinski definition) is 4. The monoisotopic (exact) mass is 429 g/mol. The number of hydrogen-bond donors (Lipinski definition) is 2. The Balaban J connectivity index is 2.13. The van der Waals surface area contributed by atoms with Crippen molar-refractivity contribution in [1.82, 2.24) is 4.57 Å². The van der Waals surface area contributed by atoms with Gasteiger partial charge in [0.15, 0.2) is 0 Å². The molecule has 3 rings (SSSR count). The van der Waals surface area contributed by atoms with Crippen LogP contribution in [0.1, 0.15) is 64.4 Å². The predicted molar refractivity (Wildman–Crippen MR) is 115 cm³/mol. The summed E-state index contributed by atoms with van der Waals surface area (Å²) in [6.45, 7) is 6.82. The Morgan fingerprint density at radius 3 is 2.39 bits per heavy atom. The minimum atomic E-state index is -0.799. The highest BCUT2D eigenvalue weighted by atomic mass is 19.1. The summed E-state index contributed by atoms with van der Waals surface area (Å²) in [5.41, 5.74) is 6.75. The largest absolute Gasteiger partial charge is 0.393 e. The molecule has 166 valence electrons. The molecule has 0 bridgehead atoms. The molecular weight excluding hydrogens is 401 g/mol. The number of carbonyl (C=O) groups is 3. The van der Waals surface area contributed by atoms with E-state index in [1.165, 1.54) is 27.7 Å². The third-order valence-corrected chi connectivity index (χ3v) is 6.29. The van der Waals surface area contributed by atoms with Gasteiger partial charge in [-0.2, -0.15) is 0 Å². The number of ketones is 1. The summed E-state index contributed by atoms with van der Waals surface area (Å²) in [6.07, 6.45) is 0.352. The molecule has 1 aliphatic rings. The van der Waals surface area contributed by atoms with Crippen molar-refractivity contribution in [2.24, 2.45) is 12.8 Å². The molecule has 3 N–H and O–H groups in total. The summed E-state index contributed by atoms with van der Waals surface area (Å²) >= 11 is 0. The van der Waals surface area contributed by atoms with Crippen LogP contribution in [-0.2, 0) is 18.3 Å². The molecule has 1 aliphatic carbocycles. The topological polar surface area (TPSA) is 106 Å². The summed E-state index contributed by atoms with van der Waals surface area (Å²) in [5, 5.41) is 9.90. The van der Waals surface area contributed by atoms with Gasteiger partial charge in [-0.05, 0) is 69.4 Å². The zero-order chi connectivity index (χ0) is 23.2. The van der Waals surface area contributed by atoms with E-state index in [2.05, 4.69) is 0 Å². The fraction of sp³-hybridized carbons (Fsp3) is 0.435. The van der Waals surface area contributed by atoms with Crippen molar-refractivity contribution in [2.45, 2.75) is 58.6 Å². The molecule has 1 saturated carbocycles. The van der Waals surface area contributed by atoms with Crippen LogP contribution < -0.4 is 10.6 Å². The summed E-state index contributed by atoms with van der Waals surface area (Å²) < 4.78 is 15.4. The van der Waals surface area contributed by atoms with Gasteiger partial charge in [0.1, 0.15) is 5.82 Å². The van der Waals surface area contributed by atoms with E-state index in [0.29, 0.717) is 41.8 Å². The molecule has 0 saturated heterocycles. The molecule has 1 aromatic heterocycles. The fourth-order valence-corrected chi connectivity index (χ4v) is 4.62. The Morgan fingerprint density at radius 1 is 1.29 bits per heavy atom. The average molecular weight is 429 g/mol. The van der Waals surface area contributed by atoms with Crippen molar-refractivity contribution in [3.8, 4) is 0 Å². The molecule has 7 nitrogen and oxygen atoms in total. The van der Waals surface area contributed by atoms with Crippen LogP contribution in [0.2, 0.25) is 0 Å². The van der Waals surface area contributed by atoms with E-state index in [-0.39, 0.29) is 11.3 Å². The smallest absolute Gasteiger partial charge is 0.301 e. The normalized spacial score (nSPS) is 20.3. The number of anilines is 1. The van der Waals surface area contributed by atoms with Gasteiger partial charge in [0, 0.05) is 18.4 Å². The van der Waals surface area contributed by atoms with Crippen molar-refractivity contribution < 1.29 is 23.9 Å². The number of aryl methyl sites for hydroxylation is 1. The van der Waals surface area contributed by atoms with Crippen molar-refractivity contribution in [2.75, 3.05) is 4.90 Å². The van der Waals surface area contributed by atoms with E-state index in [4.69, 9.17) is 5.73 Å². The zero-order valence-corrected chi connectivity index (χ0v) is 18.5. The summed E-state index contributed by atoms with van der Waals surface area (Å²) in [5.74, 6) is -2.65. The Morgan fingerprint density at radius 2 is 1.90 bits per heavy atom. The molecule has 2 amide bonds. The first-order valence-electron chi connectivity index (χ1n) is 10.2. The zero-order valence-electron chi connectivity index (χ0n) is 18.5. The summed E-state index contributed by atoms with van der Waals surface area (Å²) in [7, 11) is 1.61. The Bertz CT molecular complexity index is 1080. The number of nitrogens with zero attached hydrogens (tertiary/aromatic N) is 2. The first-order valence-corrected chi connectivity index (χ1v) is 10.2. The Kier molecular flexibility index (Phi) is 5.80. The third-order valence-electron chi connectivity index (χ3n) is 6.29. The first-order chi connectivity index (χ1) is 14.4. The second kappa shape index (κ2) is 7.92. The van der Waals surface area contributed by atoms with E-state index in [1.807, 2.05) is 0 Å². The number of carbonyl (C=O) groups excluding carboxylic acids is 3. The predicted octanol–water partition coefficient (Wildman–Crippen LogP) is 2.57. The van der Waals surface area contributed by atoms with Crippen LogP contribution in [0.25, 0.3) is 0 Å². The number of rotatable bonds is 6. The van der Waals surface area contributed by atoms with Crippen LogP contribution in [0.5, 0.6) is 0 Å². The van der Waals surface area contributed by atoms with Gasteiger partial charge in [0.25, 0.3) is 11.7 Å². The van der Waals surface area contributed by atoms with Gasteiger partial charge in [0.2, 0.25) is 0 Å². The molecule has 0 atom stereocenters. The van der Waals surface area contributed by atoms with Crippen molar-refractivity contribution in [3.05, 3.63) is 52.1 Å². The van der Waals surface area contributed by atoms with E-state index in [9.17, 15) is 23.9 Å². The number of aliphatic hydroxyl groups is 1. The SMILES string of the molecule is CCc1c(C(N)=O)c(C)n(C)c1C(=O)C(=O)N(c1ccc(F)c(C)c1)C1(C)CC(O)C1. The lowest BCUT2D eigenvalue weighted by molar-refractivity contribution is -0.117. The molecule has 0 aliphatic heterocycles. The number of Topliss-reactive ketones (excluding diaryl/α,β-unsaturated/α-hetero) is 1. The van der Waals surface area contributed by atoms with Gasteiger partial charge in [0.05, 0.1) is 22.9 Å². The number of amides is 2. The third kappa shape index (κ3) is 3.65. The molecule has 8 heteroatoms. The molecule has 31 heavy (non-hydrogen) atoms. The lowest BCUT2D eigenvalue weighted by atomic mass is 9.74. The highest BCUT2D eigenvalue weighted by Gasteiger charge is 2.49. The van der Waals surface area contributed by atoms with Crippen molar-refractivity contribution >= 4 is 23.3 Å². The van der Waals surface area contributed by atoms with Crippen LogP contribution >= 0.6 is 0 Å². The van der Waals surface area contributed by atoms with Gasteiger partial charge in [-0.25, -0.2) is 4.39 Å². The molecular formula is C23H28FN3O4. The molecule has 0 spiro atoms. The second-order valence-electron chi connectivity index (χ2n) is 8.53. The van der Waals surface area contributed by atoms with Crippen molar-refractivity contribution in [3.63, 3.8) is 0 Å². The number of benzene rings is 1. The van der Waals surface area contributed by atoms with E-state index < -0.39 is 35.1 Å².